The van der Waals surface area contributed by atoms with Crippen molar-refractivity contribution in [1.82, 2.24) is 4.90 Å². The van der Waals surface area contributed by atoms with E-state index in [2.05, 4.69) is 6.92 Å². The molecule has 1 aliphatic heterocycles. The second kappa shape index (κ2) is 14.1. The fourth-order valence-corrected chi connectivity index (χ4v) is 4.82. The van der Waals surface area contributed by atoms with Crippen molar-refractivity contribution < 1.29 is 19.1 Å². The maximum absolute atomic E-state index is 12.7. The molecule has 2 aromatic carbocycles. The van der Waals surface area contributed by atoms with Crippen LogP contribution in [-0.4, -0.2) is 35.8 Å². The third kappa shape index (κ3) is 8.55. The van der Waals surface area contributed by atoms with Crippen molar-refractivity contribution in [3.63, 3.8) is 0 Å². The lowest BCUT2D eigenvalue weighted by Gasteiger charge is -2.28. The van der Waals surface area contributed by atoms with Crippen molar-refractivity contribution in [3.8, 4) is 0 Å². The molecule has 0 atom stereocenters. The first kappa shape index (κ1) is 28.6. The van der Waals surface area contributed by atoms with Crippen molar-refractivity contribution in [3.05, 3.63) is 70.8 Å². The lowest BCUT2D eigenvalue weighted by atomic mass is 9.94. The molecule has 1 heterocycles. The fraction of sp³-hybridized carbons (Fsp3) is 0.531. The zero-order valence-electron chi connectivity index (χ0n) is 22.9. The molecule has 1 aliphatic rings. The van der Waals surface area contributed by atoms with Crippen LogP contribution in [0.4, 0.5) is 0 Å². The van der Waals surface area contributed by atoms with Gasteiger partial charge in [0, 0.05) is 12.0 Å². The number of rotatable bonds is 16. The molecule has 2 aromatic rings. The van der Waals surface area contributed by atoms with E-state index in [1.165, 1.54) is 74.7 Å². The predicted molar refractivity (Wildman–Crippen MR) is 148 cm³/mol. The molecule has 0 N–H and O–H groups in total. The Balaban J connectivity index is 1.36. The molecule has 2 amide bonds. The molecule has 0 unspecified atom stereocenters. The molecule has 0 aromatic heterocycles. The molecule has 0 saturated heterocycles. The van der Waals surface area contributed by atoms with Gasteiger partial charge in [0.15, 0.2) is 0 Å². The first-order chi connectivity index (χ1) is 17.8. The molecule has 200 valence electrons. The molecule has 0 saturated carbocycles. The van der Waals surface area contributed by atoms with E-state index in [0.717, 1.165) is 6.42 Å². The van der Waals surface area contributed by atoms with Crippen molar-refractivity contribution in [2.45, 2.75) is 91.4 Å². The highest BCUT2D eigenvalue weighted by Gasteiger charge is 2.38. The van der Waals surface area contributed by atoms with E-state index < -0.39 is 5.41 Å². The predicted octanol–water partition coefficient (Wildman–Crippen LogP) is 7.63. The van der Waals surface area contributed by atoms with Gasteiger partial charge in [0.2, 0.25) is 0 Å². The van der Waals surface area contributed by atoms with Gasteiger partial charge in [0.1, 0.15) is 0 Å². The van der Waals surface area contributed by atoms with Gasteiger partial charge >= 0.3 is 5.97 Å². The summed E-state index contributed by atoms with van der Waals surface area (Å²) in [5.41, 5.74) is 2.04. The van der Waals surface area contributed by atoms with Gasteiger partial charge in [-0.2, -0.15) is 0 Å². The molecule has 0 aliphatic carbocycles. The SMILES string of the molecule is CCCCCCCCCCCCc1ccc(C(=O)OCC(C)(C)CN2C(=O)c3ccccc3C2=O)cc1. The molecule has 3 rings (SSSR count). The largest absolute Gasteiger partial charge is 0.461 e. The second-order valence-electron chi connectivity index (χ2n) is 11.1. The number of benzene rings is 2. The summed E-state index contributed by atoms with van der Waals surface area (Å²) in [6, 6.07) is 14.5. The van der Waals surface area contributed by atoms with E-state index in [0.29, 0.717) is 16.7 Å². The zero-order valence-corrected chi connectivity index (χ0v) is 22.9. The summed E-state index contributed by atoms with van der Waals surface area (Å²) >= 11 is 0. The standard InChI is InChI=1S/C32H43NO4/c1-4-5-6-7-8-9-10-11-12-13-16-25-19-21-26(22-20-25)31(36)37-24-32(2,3)23-33-29(34)27-17-14-15-18-28(27)30(33)35/h14-15,17-22H,4-13,16,23-24H2,1-3H3. The van der Waals surface area contributed by atoms with Crippen LogP contribution in [0.15, 0.2) is 48.5 Å². The number of amides is 2. The van der Waals surface area contributed by atoms with Crippen LogP contribution >= 0.6 is 0 Å². The third-order valence-corrected chi connectivity index (χ3v) is 7.07. The molecular weight excluding hydrogens is 462 g/mol. The van der Waals surface area contributed by atoms with Crippen LogP contribution in [0.5, 0.6) is 0 Å². The fourth-order valence-electron chi connectivity index (χ4n) is 4.82. The van der Waals surface area contributed by atoms with Crippen molar-refractivity contribution >= 4 is 17.8 Å². The quantitative estimate of drug-likeness (QED) is 0.134. The first-order valence-electron chi connectivity index (χ1n) is 14.0. The van der Waals surface area contributed by atoms with Crippen LogP contribution < -0.4 is 0 Å². The van der Waals surface area contributed by atoms with E-state index in [1.54, 1.807) is 24.3 Å². The van der Waals surface area contributed by atoms with Crippen LogP contribution in [0, 0.1) is 5.41 Å². The highest BCUT2D eigenvalue weighted by atomic mass is 16.5. The van der Waals surface area contributed by atoms with Crippen LogP contribution in [0.1, 0.15) is 122 Å². The topological polar surface area (TPSA) is 63.7 Å². The minimum absolute atomic E-state index is 0.111. The maximum Gasteiger partial charge on any atom is 0.338 e. The number of esters is 1. The maximum atomic E-state index is 12.7. The van der Waals surface area contributed by atoms with Gasteiger partial charge in [-0.15, -0.1) is 0 Å². The highest BCUT2D eigenvalue weighted by Crippen LogP contribution is 2.27. The molecule has 0 bridgehead atoms. The van der Waals surface area contributed by atoms with E-state index >= 15 is 0 Å². The molecule has 0 radical (unpaired) electrons. The molecule has 0 fully saturated rings. The van der Waals surface area contributed by atoms with Gasteiger partial charge < -0.3 is 4.74 Å². The summed E-state index contributed by atoms with van der Waals surface area (Å²) < 4.78 is 5.57. The Hall–Kier alpha value is -2.95. The Labute approximate surface area is 222 Å². The Bertz CT molecular complexity index is 1010. The number of carbonyl (C=O) groups excluding carboxylic acids is 3. The van der Waals surface area contributed by atoms with Crippen molar-refractivity contribution in [1.29, 1.82) is 0 Å². The van der Waals surface area contributed by atoms with Gasteiger partial charge in [0.05, 0.1) is 23.3 Å². The number of ether oxygens (including phenoxy) is 1. The zero-order chi connectivity index (χ0) is 26.7. The Kier molecular flexibility index (Phi) is 10.9. The minimum Gasteiger partial charge on any atom is -0.461 e. The van der Waals surface area contributed by atoms with Gasteiger partial charge in [-0.1, -0.05) is 103 Å². The van der Waals surface area contributed by atoms with E-state index in [4.69, 9.17) is 4.74 Å². The summed E-state index contributed by atoms with van der Waals surface area (Å²) in [5.74, 6) is -0.975. The molecular formula is C32H43NO4. The number of unbranched alkanes of at least 4 members (excludes halogenated alkanes) is 9. The number of aryl methyl sites for hydroxylation is 1. The molecule has 0 spiro atoms. The third-order valence-electron chi connectivity index (χ3n) is 7.07. The first-order valence-corrected chi connectivity index (χ1v) is 14.0. The van der Waals surface area contributed by atoms with E-state index in [9.17, 15) is 14.4 Å². The normalized spacial score (nSPS) is 13.2. The summed E-state index contributed by atoms with van der Waals surface area (Å²) in [4.78, 5) is 39.2. The smallest absolute Gasteiger partial charge is 0.338 e. The number of fused-ring (bicyclic) bond motifs is 1. The second-order valence-corrected chi connectivity index (χ2v) is 11.1. The van der Waals surface area contributed by atoms with Gasteiger partial charge in [-0.3, -0.25) is 14.5 Å². The Morgan fingerprint density at radius 3 is 1.81 bits per heavy atom. The lowest BCUT2D eigenvalue weighted by molar-refractivity contribution is 0.0267. The van der Waals surface area contributed by atoms with Crippen LogP contribution in [0.3, 0.4) is 0 Å². The number of hydrogen-bond donors (Lipinski definition) is 0. The number of hydrogen-bond acceptors (Lipinski definition) is 4. The molecule has 5 nitrogen and oxygen atoms in total. The van der Waals surface area contributed by atoms with E-state index in [1.807, 2.05) is 38.1 Å². The van der Waals surface area contributed by atoms with Gasteiger partial charge in [-0.25, -0.2) is 4.79 Å². The van der Waals surface area contributed by atoms with Crippen LogP contribution in [-0.2, 0) is 11.2 Å². The summed E-state index contributed by atoms with van der Waals surface area (Å²) in [6.45, 7) is 6.33. The van der Waals surface area contributed by atoms with Crippen molar-refractivity contribution in [2.75, 3.05) is 13.2 Å². The minimum atomic E-state index is -0.571. The summed E-state index contributed by atoms with van der Waals surface area (Å²) in [5, 5.41) is 0. The number of carbonyl (C=O) groups is 3. The average molecular weight is 506 g/mol. The van der Waals surface area contributed by atoms with Gasteiger partial charge in [0.25, 0.3) is 11.8 Å². The van der Waals surface area contributed by atoms with Crippen LogP contribution in [0.2, 0.25) is 0 Å². The summed E-state index contributed by atoms with van der Waals surface area (Å²) in [6.07, 6.45) is 14.3. The van der Waals surface area contributed by atoms with Crippen LogP contribution in [0.25, 0.3) is 0 Å². The Morgan fingerprint density at radius 1 is 0.757 bits per heavy atom. The number of nitrogens with zero attached hydrogens (tertiary/aromatic N) is 1. The molecule has 37 heavy (non-hydrogen) atoms. The van der Waals surface area contributed by atoms with Crippen molar-refractivity contribution in [2.24, 2.45) is 5.41 Å². The number of imide groups is 1. The molecule has 5 heteroatoms. The van der Waals surface area contributed by atoms with E-state index in [-0.39, 0.29) is 30.9 Å². The average Bonchev–Trinajstić information content (AvgIpc) is 3.13. The lowest BCUT2D eigenvalue weighted by Crippen LogP contribution is -2.40. The highest BCUT2D eigenvalue weighted by molar-refractivity contribution is 6.21. The Morgan fingerprint density at radius 2 is 1.27 bits per heavy atom. The van der Waals surface area contributed by atoms with Gasteiger partial charge in [-0.05, 0) is 42.7 Å². The summed E-state index contributed by atoms with van der Waals surface area (Å²) in [7, 11) is 0. The monoisotopic (exact) mass is 505 g/mol.